The van der Waals surface area contributed by atoms with Gasteiger partial charge in [0.1, 0.15) is 29.7 Å². The first-order valence-electron chi connectivity index (χ1n) is 11.2. The summed E-state index contributed by atoms with van der Waals surface area (Å²) in [6.07, 6.45) is 0. The van der Waals surface area contributed by atoms with Gasteiger partial charge in [0.05, 0.1) is 24.3 Å². The molecule has 0 aliphatic carbocycles. The predicted molar refractivity (Wildman–Crippen MR) is 132 cm³/mol. The highest BCUT2D eigenvalue weighted by molar-refractivity contribution is 5.72. The number of aromatic amines is 1. The summed E-state index contributed by atoms with van der Waals surface area (Å²) in [5, 5.41) is 17.4. The average molecular weight is 465 g/mol. The number of nitriles is 1. The molecule has 0 amide bonds. The molecule has 1 aliphatic heterocycles. The molecule has 3 aromatic carbocycles. The van der Waals surface area contributed by atoms with Gasteiger partial charge in [-0.15, -0.1) is 5.10 Å². The first-order chi connectivity index (χ1) is 17.1. The van der Waals surface area contributed by atoms with Crippen LogP contribution in [0.25, 0.3) is 11.3 Å². The maximum atomic E-state index is 9.99. The van der Waals surface area contributed by atoms with E-state index in [1.165, 1.54) is 5.56 Å². The number of hydrogen-bond acceptors (Lipinski definition) is 6. The fraction of sp³-hybridized carbons (Fsp3) is 0.143. The van der Waals surface area contributed by atoms with E-state index >= 15 is 0 Å². The molecule has 5 rings (SSSR count). The van der Waals surface area contributed by atoms with Gasteiger partial charge in [0, 0.05) is 5.56 Å². The molecule has 3 N–H and O–H groups in total. The van der Waals surface area contributed by atoms with Crippen LogP contribution in [0.3, 0.4) is 0 Å². The minimum absolute atomic E-state index is 0.0414. The number of hydrogen-bond donors (Lipinski definition) is 2. The Kier molecular flexibility index (Phi) is 5.86. The number of H-pyrrole nitrogens is 1. The summed E-state index contributed by atoms with van der Waals surface area (Å²) in [5.74, 6) is 1.31. The Morgan fingerprint density at radius 1 is 1.06 bits per heavy atom. The van der Waals surface area contributed by atoms with Crippen molar-refractivity contribution in [2.45, 2.75) is 19.4 Å². The van der Waals surface area contributed by atoms with E-state index in [9.17, 15) is 5.26 Å². The van der Waals surface area contributed by atoms with E-state index in [0.717, 1.165) is 27.9 Å². The third kappa shape index (κ3) is 4.30. The van der Waals surface area contributed by atoms with Gasteiger partial charge in [-0.3, -0.25) is 5.10 Å². The summed E-state index contributed by atoms with van der Waals surface area (Å²) in [5.41, 5.74) is 11.9. The van der Waals surface area contributed by atoms with E-state index in [4.69, 9.17) is 19.9 Å². The Bertz CT molecular complexity index is 1450. The minimum atomic E-state index is -0.480. The highest BCUT2D eigenvalue weighted by Gasteiger charge is 2.35. The maximum absolute atomic E-state index is 9.99. The SMILES string of the molecule is COc1cccc(-c2[nH]nc3c2[C@H](c2cccc(OCc4ccc(C)cc4)c2)C(C#N)=C(N)O3)c1. The second-order valence-corrected chi connectivity index (χ2v) is 8.32. The lowest BCUT2D eigenvalue weighted by Crippen LogP contribution is -2.21. The summed E-state index contributed by atoms with van der Waals surface area (Å²) in [6.45, 7) is 2.49. The highest BCUT2D eigenvalue weighted by Crippen LogP contribution is 2.46. The zero-order valence-electron chi connectivity index (χ0n) is 19.4. The monoisotopic (exact) mass is 464 g/mol. The normalized spacial score (nSPS) is 14.6. The molecule has 0 bridgehead atoms. The van der Waals surface area contributed by atoms with Crippen LogP contribution in [-0.2, 0) is 6.61 Å². The topological polar surface area (TPSA) is 106 Å². The van der Waals surface area contributed by atoms with Crippen molar-refractivity contribution in [2.75, 3.05) is 7.11 Å². The quantitative estimate of drug-likeness (QED) is 0.407. The molecule has 0 saturated heterocycles. The van der Waals surface area contributed by atoms with Crippen LogP contribution in [0, 0.1) is 18.3 Å². The average Bonchev–Trinajstić information content (AvgIpc) is 3.31. The van der Waals surface area contributed by atoms with Crippen LogP contribution in [0.1, 0.15) is 28.2 Å². The molecule has 7 nitrogen and oxygen atoms in total. The largest absolute Gasteiger partial charge is 0.497 e. The number of aryl methyl sites for hydroxylation is 1. The van der Waals surface area contributed by atoms with Gasteiger partial charge in [0.2, 0.25) is 11.8 Å². The Hall–Kier alpha value is -4.70. The van der Waals surface area contributed by atoms with E-state index < -0.39 is 5.92 Å². The number of methoxy groups -OCH3 is 1. The Balaban J connectivity index is 1.54. The molecule has 174 valence electrons. The lowest BCUT2D eigenvalue weighted by molar-refractivity contribution is 0.305. The number of nitrogens with zero attached hydrogens (tertiary/aromatic N) is 2. The Labute approximate surface area is 203 Å². The molecule has 0 saturated carbocycles. The van der Waals surface area contributed by atoms with Gasteiger partial charge in [-0.25, -0.2) is 0 Å². The number of allylic oxidation sites excluding steroid dienone is 1. The Morgan fingerprint density at radius 2 is 1.83 bits per heavy atom. The number of rotatable bonds is 6. The van der Waals surface area contributed by atoms with Crippen molar-refractivity contribution in [2.24, 2.45) is 5.73 Å². The number of nitrogens with one attached hydrogen (secondary N) is 1. The van der Waals surface area contributed by atoms with Gasteiger partial charge in [-0.1, -0.05) is 54.1 Å². The standard InChI is InChI=1S/C28H24N4O3/c1-17-9-11-18(12-10-17)16-34-22-8-3-5-19(13-22)24-23(15-29)27(30)35-28-25(24)26(31-32-28)20-6-4-7-21(14-20)33-2/h3-14,24H,16,30H2,1-2H3,(H,31,32)/t24-/m1/s1. The van der Waals surface area contributed by atoms with Crippen LogP contribution in [0.5, 0.6) is 17.4 Å². The number of aromatic nitrogens is 2. The lowest BCUT2D eigenvalue weighted by atomic mass is 9.83. The van der Waals surface area contributed by atoms with Gasteiger partial charge in [-0.2, -0.15) is 5.26 Å². The van der Waals surface area contributed by atoms with Crippen molar-refractivity contribution in [1.82, 2.24) is 10.2 Å². The molecule has 0 radical (unpaired) electrons. The summed E-state index contributed by atoms with van der Waals surface area (Å²) in [7, 11) is 1.62. The minimum Gasteiger partial charge on any atom is -0.497 e. The fourth-order valence-electron chi connectivity index (χ4n) is 4.21. The zero-order chi connectivity index (χ0) is 24.4. The molecule has 2 heterocycles. The van der Waals surface area contributed by atoms with E-state index in [-0.39, 0.29) is 5.88 Å². The van der Waals surface area contributed by atoms with Crippen LogP contribution in [-0.4, -0.2) is 17.3 Å². The van der Waals surface area contributed by atoms with Crippen molar-refractivity contribution in [1.29, 1.82) is 5.26 Å². The summed E-state index contributed by atoms with van der Waals surface area (Å²) in [4.78, 5) is 0. The van der Waals surface area contributed by atoms with Crippen LogP contribution >= 0.6 is 0 Å². The number of fused-ring (bicyclic) bond motifs is 1. The van der Waals surface area contributed by atoms with Crippen LogP contribution in [0.15, 0.2) is 84.3 Å². The highest BCUT2D eigenvalue weighted by atomic mass is 16.5. The molecule has 0 spiro atoms. The zero-order valence-corrected chi connectivity index (χ0v) is 19.4. The van der Waals surface area contributed by atoms with Crippen molar-refractivity contribution >= 4 is 0 Å². The number of benzene rings is 3. The van der Waals surface area contributed by atoms with Gasteiger partial charge in [0.15, 0.2) is 0 Å². The van der Waals surface area contributed by atoms with Crippen LogP contribution in [0.4, 0.5) is 0 Å². The number of nitrogens with two attached hydrogens (primary N) is 1. The summed E-state index contributed by atoms with van der Waals surface area (Å²) >= 11 is 0. The fourth-order valence-corrected chi connectivity index (χ4v) is 4.21. The van der Waals surface area contributed by atoms with Gasteiger partial charge >= 0.3 is 0 Å². The first-order valence-corrected chi connectivity index (χ1v) is 11.2. The molecule has 1 aromatic heterocycles. The molecule has 0 fully saturated rings. The summed E-state index contributed by atoms with van der Waals surface area (Å²) < 4.78 is 17.2. The van der Waals surface area contributed by atoms with Crippen molar-refractivity contribution in [3.8, 4) is 34.7 Å². The molecule has 4 aromatic rings. The van der Waals surface area contributed by atoms with Crippen molar-refractivity contribution in [3.63, 3.8) is 0 Å². The van der Waals surface area contributed by atoms with E-state index in [1.807, 2.05) is 60.7 Å². The maximum Gasteiger partial charge on any atom is 0.244 e. The molecule has 7 heteroatoms. The van der Waals surface area contributed by atoms with Crippen molar-refractivity contribution in [3.05, 3.63) is 107 Å². The summed E-state index contributed by atoms with van der Waals surface area (Å²) in [6, 6.07) is 25.8. The smallest absolute Gasteiger partial charge is 0.244 e. The first kappa shape index (κ1) is 22.1. The number of ether oxygens (including phenoxy) is 3. The lowest BCUT2D eigenvalue weighted by Gasteiger charge is -2.24. The third-order valence-electron chi connectivity index (χ3n) is 6.01. The molecular formula is C28H24N4O3. The molecular weight excluding hydrogens is 440 g/mol. The van der Waals surface area contributed by atoms with Gasteiger partial charge in [0.25, 0.3) is 0 Å². The van der Waals surface area contributed by atoms with Gasteiger partial charge < -0.3 is 19.9 Å². The predicted octanol–water partition coefficient (Wildman–Crippen LogP) is 5.19. The van der Waals surface area contributed by atoms with Crippen molar-refractivity contribution < 1.29 is 14.2 Å². The van der Waals surface area contributed by atoms with E-state index in [0.29, 0.717) is 29.6 Å². The molecule has 35 heavy (non-hydrogen) atoms. The van der Waals surface area contributed by atoms with Crippen LogP contribution < -0.4 is 19.9 Å². The second-order valence-electron chi connectivity index (χ2n) is 8.32. The van der Waals surface area contributed by atoms with Crippen LogP contribution in [0.2, 0.25) is 0 Å². The third-order valence-corrected chi connectivity index (χ3v) is 6.01. The van der Waals surface area contributed by atoms with E-state index in [1.54, 1.807) is 7.11 Å². The van der Waals surface area contributed by atoms with Gasteiger partial charge in [-0.05, 0) is 42.3 Å². The molecule has 1 atom stereocenters. The molecule has 1 aliphatic rings. The second kappa shape index (κ2) is 9.27. The van der Waals surface area contributed by atoms with E-state index in [2.05, 4.69) is 35.3 Å². The molecule has 0 unspecified atom stereocenters. The Morgan fingerprint density at radius 3 is 2.60 bits per heavy atom.